The number of rotatable bonds is 9. The van der Waals surface area contributed by atoms with Crippen molar-refractivity contribution in [1.29, 1.82) is 0 Å². The van der Waals surface area contributed by atoms with Gasteiger partial charge in [-0.15, -0.1) is 0 Å². The summed E-state index contributed by atoms with van der Waals surface area (Å²) < 4.78 is 28.5. The van der Waals surface area contributed by atoms with Crippen LogP contribution in [0.4, 0.5) is 5.95 Å². The highest BCUT2D eigenvalue weighted by Gasteiger charge is 2.30. The van der Waals surface area contributed by atoms with Gasteiger partial charge in [0.1, 0.15) is 6.73 Å². The highest BCUT2D eigenvalue weighted by atomic mass is 31.2. The Labute approximate surface area is 143 Å². The molecule has 3 atom stereocenters. The minimum absolute atomic E-state index is 0.0213. The Morgan fingerprint density at radius 3 is 2.68 bits per heavy atom. The first-order chi connectivity index (χ1) is 11.8. The van der Waals surface area contributed by atoms with Crippen molar-refractivity contribution in [1.82, 2.24) is 19.5 Å². The average Bonchev–Trinajstić information content (AvgIpc) is 2.97. The van der Waals surface area contributed by atoms with E-state index in [4.69, 9.17) is 15.0 Å². The SMILES string of the molecule is CC[C@@H](OCn1cnc2c(=O)[nH]c(N)nc21)[C@@H](CC)OP(=O)(O)OC. The van der Waals surface area contributed by atoms with Gasteiger partial charge in [-0.2, -0.15) is 4.98 Å². The molecule has 0 saturated carbocycles. The molecule has 0 fully saturated rings. The lowest BCUT2D eigenvalue weighted by Crippen LogP contribution is -2.31. The number of aromatic amines is 1. The number of hydrogen-bond acceptors (Lipinski definition) is 8. The smallest absolute Gasteiger partial charge is 0.369 e. The van der Waals surface area contributed by atoms with E-state index in [1.165, 1.54) is 10.9 Å². The Balaban J connectivity index is 2.15. The standard InChI is InChI=1S/C13H22N5O6P/c1-4-8(9(5-2)24-25(20,21)22-3)23-7-18-6-15-10-11(18)16-13(14)17-12(10)19/h6,8-9H,4-5,7H2,1-3H3,(H,20,21)(H3,14,16,17,19)/t8-,9-/m1/s1. The van der Waals surface area contributed by atoms with Crippen molar-refractivity contribution >= 4 is 24.9 Å². The monoisotopic (exact) mass is 375 g/mol. The molecule has 0 spiro atoms. The van der Waals surface area contributed by atoms with Crippen molar-refractivity contribution in [2.24, 2.45) is 0 Å². The molecule has 2 aromatic rings. The Bertz CT molecular complexity index is 821. The fraction of sp³-hybridized carbons (Fsp3) is 0.615. The van der Waals surface area contributed by atoms with Crippen LogP contribution in [0.15, 0.2) is 11.1 Å². The van der Waals surface area contributed by atoms with Crippen molar-refractivity contribution in [2.75, 3.05) is 12.8 Å². The van der Waals surface area contributed by atoms with Crippen molar-refractivity contribution in [3.63, 3.8) is 0 Å². The van der Waals surface area contributed by atoms with Gasteiger partial charge in [-0.05, 0) is 12.8 Å². The molecule has 25 heavy (non-hydrogen) atoms. The Hall–Kier alpha value is -1.78. The maximum atomic E-state index is 11.8. The molecular weight excluding hydrogens is 353 g/mol. The molecule has 0 aliphatic rings. The van der Waals surface area contributed by atoms with Crippen LogP contribution < -0.4 is 11.3 Å². The minimum atomic E-state index is -4.12. The number of phosphoric ester groups is 1. The van der Waals surface area contributed by atoms with E-state index in [1.54, 1.807) is 6.92 Å². The molecular formula is C13H22N5O6P. The van der Waals surface area contributed by atoms with Gasteiger partial charge in [0, 0.05) is 7.11 Å². The van der Waals surface area contributed by atoms with Gasteiger partial charge in [0.25, 0.3) is 5.56 Å². The van der Waals surface area contributed by atoms with Gasteiger partial charge < -0.3 is 15.4 Å². The first kappa shape index (κ1) is 19.5. The van der Waals surface area contributed by atoms with E-state index < -0.39 is 25.6 Å². The third kappa shape index (κ3) is 4.65. The molecule has 140 valence electrons. The van der Waals surface area contributed by atoms with Gasteiger partial charge in [-0.3, -0.25) is 23.4 Å². The van der Waals surface area contributed by atoms with Crippen LogP contribution in [0.25, 0.3) is 11.2 Å². The topological polar surface area (TPSA) is 155 Å². The Morgan fingerprint density at radius 2 is 2.08 bits per heavy atom. The zero-order valence-corrected chi connectivity index (χ0v) is 15.1. The first-order valence-corrected chi connectivity index (χ1v) is 9.20. The number of nitrogens with two attached hydrogens (primary N) is 1. The number of fused-ring (bicyclic) bond motifs is 1. The Kier molecular flexibility index (Phi) is 6.31. The number of ether oxygens (including phenoxy) is 1. The molecule has 0 bridgehead atoms. The summed E-state index contributed by atoms with van der Waals surface area (Å²) in [5.41, 5.74) is 5.54. The molecule has 2 heterocycles. The maximum Gasteiger partial charge on any atom is 0.472 e. The molecule has 0 radical (unpaired) electrons. The summed E-state index contributed by atoms with van der Waals surface area (Å²) in [6, 6.07) is 0. The summed E-state index contributed by atoms with van der Waals surface area (Å²) in [7, 11) is -3.02. The summed E-state index contributed by atoms with van der Waals surface area (Å²) in [5, 5.41) is 0. The minimum Gasteiger partial charge on any atom is -0.369 e. The van der Waals surface area contributed by atoms with Gasteiger partial charge in [0.05, 0.1) is 18.5 Å². The van der Waals surface area contributed by atoms with E-state index in [0.717, 1.165) is 7.11 Å². The number of anilines is 1. The third-order valence-electron chi connectivity index (χ3n) is 3.64. The Morgan fingerprint density at radius 1 is 1.40 bits per heavy atom. The number of aromatic nitrogens is 4. The van der Waals surface area contributed by atoms with Crippen LogP contribution in [-0.2, 0) is 25.1 Å². The van der Waals surface area contributed by atoms with Crippen molar-refractivity contribution in [2.45, 2.75) is 45.6 Å². The van der Waals surface area contributed by atoms with Gasteiger partial charge in [0.2, 0.25) is 5.95 Å². The van der Waals surface area contributed by atoms with Crippen LogP contribution in [0.2, 0.25) is 0 Å². The summed E-state index contributed by atoms with van der Waals surface area (Å²) >= 11 is 0. The van der Waals surface area contributed by atoms with E-state index in [2.05, 4.69) is 19.5 Å². The second-order valence-electron chi connectivity index (χ2n) is 5.28. The highest BCUT2D eigenvalue weighted by Crippen LogP contribution is 2.44. The molecule has 2 aromatic heterocycles. The van der Waals surface area contributed by atoms with E-state index >= 15 is 0 Å². The molecule has 0 saturated heterocycles. The van der Waals surface area contributed by atoms with Crippen LogP contribution in [0.1, 0.15) is 26.7 Å². The van der Waals surface area contributed by atoms with E-state index in [1.807, 2.05) is 6.92 Å². The van der Waals surface area contributed by atoms with E-state index in [9.17, 15) is 14.3 Å². The second-order valence-corrected chi connectivity index (χ2v) is 6.80. The number of nitrogens with zero attached hydrogens (tertiary/aromatic N) is 3. The zero-order chi connectivity index (χ0) is 18.6. The number of H-pyrrole nitrogens is 1. The summed E-state index contributed by atoms with van der Waals surface area (Å²) in [6.07, 6.45) is 1.27. The summed E-state index contributed by atoms with van der Waals surface area (Å²) in [6.45, 7) is 3.69. The van der Waals surface area contributed by atoms with Crippen LogP contribution in [0.5, 0.6) is 0 Å². The van der Waals surface area contributed by atoms with Gasteiger partial charge in [0.15, 0.2) is 11.2 Å². The lowest BCUT2D eigenvalue weighted by Gasteiger charge is -2.26. The zero-order valence-electron chi connectivity index (χ0n) is 14.2. The van der Waals surface area contributed by atoms with Gasteiger partial charge in [-0.25, -0.2) is 9.55 Å². The average molecular weight is 375 g/mol. The van der Waals surface area contributed by atoms with Gasteiger partial charge >= 0.3 is 7.82 Å². The molecule has 11 nitrogen and oxygen atoms in total. The van der Waals surface area contributed by atoms with E-state index in [0.29, 0.717) is 12.8 Å². The van der Waals surface area contributed by atoms with Crippen LogP contribution in [-0.4, -0.2) is 43.7 Å². The van der Waals surface area contributed by atoms with Crippen LogP contribution in [0, 0.1) is 0 Å². The lowest BCUT2D eigenvalue weighted by atomic mass is 10.1. The molecule has 2 rings (SSSR count). The quantitative estimate of drug-likeness (QED) is 0.544. The fourth-order valence-electron chi connectivity index (χ4n) is 2.35. The lowest BCUT2D eigenvalue weighted by molar-refractivity contribution is -0.0652. The highest BCUT2D eigenvalue weighted by molar-refractivity contribution is 7.47. The van der Waals surface area contributed by atoms with Crippen LogP contribution >= 0.6 is 7.82 Å². The molecule has 0 aromatic carbocycles. The molecule has 12 heteroatoms. The van der Waals surface area contributed by atoms with Crippen molar-refractivity contribution in [3.8, 4) is 0 Å². The third-order valence-corrected chi connectivity index (χ3v) is 4.64. The maximum absolute atomic E-state index is 11.8. The molecule has 0 aliphatic heterocycles. The number of nitrogen functional groups attached to an aromatic ring is 1. The number of nitrogens with one attached hydrogen (secondary N) is 1. The first-order valence-electron chi connectivity index (χ1n) is 7.70. The normalized spacial score (nSPS) is 16.6. The largest absolute Gasteiger partial charge is 0.472 e. The fourth-order valence-corrected chi connectivity index (χ4v) is 3.06. The number of imidazole rings is 1. The number of hydrogen-bond donors (Lipinski definition) is 3. The second kappa shape index (κ2) is 8.07. The predicted molar refractivity (Wildman–Crippen MR) is 89.7 cm³/mol. The predicted octanol–water partition coefficient (Wildman–Crippen LogP) is 0.996. The van der Waals surface area contributed by atoms with E-state index in [-0.39, 0.29) is 23.8 Å². The van der Waals surface area contributed by atoms with Crippen LogP contribution in [0.3, 0.4) is 0 Å². The number of phosphoric acid groups is 1. The van der Waals surface area contributed by atoms with Gasteiger partial charge in [-0.1, -0.05) is 13.8 Å². The van der Waals surface area contributed by atoms with Crippen molar-refractivity contribution in [3.05, 3.63) is 16.7 Å². The van der Waals surface area contributed by atoms with Crippen molar-refractivity contribution < 1.29 is 23.2 Å². The molecule has 0 aliphatic carbocycles. The molecule has 0 amide bonds. The summed E-state index contributed by atoms with van der Waals surface area (Å²) in [4.78, 5) is 31.7. The molecule has 1 unspecified atom stereocenters. The summed E-state index contributed by atoms with van der Waals surface area (Å²) in [5.74, 6) is -0.0256. The molecule has 4 N–H and O–H groups in total.